The first-order chi connectivity index (χ1) is 11.0. The van der Waals surface area contributed by atoms with Crippen LogP contribution in [0.25, 0.3) is 0 Å². The summed E-state index contributed by atoms with van der Waals surface area (Å²) in [5, 5.41) is 3.60. The van der Waals surface area contributed by atoms with Crippen molar-refractivity contribution >= 4 is 23.2 Å². The molecule has 0 radical (unpaired) electrons. The van der Waals surface area contributed by atoms with Gasteiger partial charge in [-0.15, -0.1) is 0 Å². The molecule has 0 heterocycles. The van der Waals surface area contributed by atoms with Gasteiger partial charge in [0, 0.05) is 16.3 Å². The smallest absolute Gasteiger partial charge is 0.279 e. The Labute approximate surface area is 142 Å². The van der Waals surface area contributed by atoms with E-state index in [1.165, 1.54) is 0 Å². The number of hydrogen-bond donors (Lipinski definition) is 2. The third kappa shape index (κ3) is 5.27. The maximum Gasteiger partial charge on any atom is 0.279 e. The molecule has 0 aromatic heterocycles. The lowest BCUT2D eigenvalue weighted by Gasteiger charge is -2.15. The molecule has 0 saturated carbocycles. The van der Waals surface area contributed by atoms with Crippen LogP contribution in [0.5, 0.6) is 5.75 Å². The summed E-state index contributed by atoms with van der Waals surface area (Å²) < 4.78 is 5.22. The second-order valence-corrected chi connectivity index (χ2v) is 6.11. The van der Waals surface area contributed by atoms with E-state index in [0.29, 0.717) is 11.6 Å². The molecule has 0 bridgehead atoms. The SMILES string of the molecule is COc1cccc(C[NH+](C)CC(=O)Nc2ccc(Cl)cc2C)c1. The number of anilines is 1. The van der Waals surface area contributed by atoms with Gasteiger partial charge in [-0.25, -0.2) is 0 Å². The van der Waals surface area contributed by atoms with Crippen molar-refractivity contribution in [3.05, 3.63) is 58.6 Å². The standard InChI is InChI=1S/C18H21ClN2O2/c1-13-9-15(19)7-8-17(13)20-18(22)12-21(2)11-14-5-4-6-16(10-14)23-3/h4-10H,11-12H2,1-3H3,(H,20,22)/p+1. The number of nitrogens with one attached hydrogen (secondary N) is 2. The van der Waals surface area contributed by atoms with Crippen LogP contribution in [0.4, 0.5) is 5.69 Å². The zero-order valence-electron chi connectivity index (χ0n) is 13.7. The summed E-state index contributed by atoms with van der Waals surface area (Å²) in [6.45, 7) is 3.07. The molecule has 1 unspecified atom stereocenters. The number of quaternary nitrogens is 1. The summed E-state index contributed by atoms with van der Waals surface area (Å²) in [5.74, 6) is 0.812. The van der Waals surface area contributed by atoms with Crippen LogP contribution in [0, 0.1) is 6.92 Å². The zero-order chi connectivity index (χ0) is 16.8. The predicted octanol–water partition coefficient (Wildman–Crippen LogP) is 2.31. The van der Waals surface area contributed by atoms with E-state index in [-0.39, 0.29) is 5.91 Å². The Morgan fingerprint density at radius 1 is 1.26 bits per heavy atom. The number of methoxy groups -OCH3 is 1. The first-order valence-corrected chi connectivity index (χ1v) is 7.86. The van der Waals surface area contributed by atoms with Crippen molar-refractivity contribution in [1.82, 2.24) is 0 Å². The fraction of sp³-hybridized carbons (Fsp3) is 0.278. The van der Waals surface area contributed by atoms with E-state index in [1.807, 2.05) is 50.4 Å². The van der Waals surface area contributed by atoms with Crippen molar-refractivity contribution in [1.29, 1.82) is 0 Å². The quantitative estimate of drug-likeness (QED) is 0.852. The molecule has 4 nitrogen and oxygen atoms in total. The molecule has 0 spiro atoms. The topological polar surface area (TPSA) is 42.8 Å². The second-order valence-electron chi connectivity index (χ2n) is 5.67. The van der Waals surface area contributed by atoms with Crippen LogP contribution in [-0.4, -0.2) is 26.6 Å². The third-order valence-electron chi connectivity index (χ3n) is 3.56. The molecule has 2 aromatic carbocycles. The van der Waals surface area contributed by atoms with Crippen LogP contribution in [0.3, 0.4) is 0 Å². The summed E-state index contributed by atoms with van der Waals surface area (Å²) in [6, 6.07) is 13.3. The number of carbonyl (C=O) groups is 1. The number of ether oxygens (including phenoxy) is 1. The van der Waals surface area contributed by atoms with Gasteiger partial charge in [-0.1, -0.05) is 23.7 Å². The summed E-state index contributed by atoms with van der Waals surface area (Å²) in [6.07, 6.45) is 0. The number of rotatable bonds is 6. The minimum absolute atomic E-state index is 0.0178. The van der Waals surface area contributed by atoms with Crippen molar-refractivity contribution in [2.24, 2.45) is 0 Å². The van der Waals surface area contributed by atoms with Crippen LogP contribution in [0.2, 0.25) is 5.02 Å². The number of hydrogen-bond acceptors (Lipinski definition) is 2. The number of halogens is 1. The van der Waals surface area contributed by atoms with E-state index in [4.69, 9.17) is 16.3 Å². The molecule has 0 aliphatic rings. The van der Waals surface area contributed by atoms with Crippen LogP contribution in [-0.2, 0) is 11.3 Å². The van der Waals surface area contributed by atoms with Crippen LogP contribution >= 0.6 is 11.6 Å². The van der Waals surface area contributed by atoms with Gasteiger partial charge < -0.3 is 15.0 Å². The fourth-order valence-electron chi connectivity index (χ4n) is 2.43. The summed E-state index contributed by atoms with van der Waals surface area (Å²) in [7, 11) is 3.64. The van der Waals surface area contributed by atoms with E-state index in [0.717, 1.165) is 34.0 Å². The van der Waals surface area contributed by atoms with E-state index in [1.54, 1.807) is 13.2 Å². The van der Waals surface area contributed by atoms with Crippen molar-refractivity contribution in [2.45, 2.75) is 13.5 Å². The Balaban J connectivity index is 1.91. The average molecular weight is 334 g/mol. The van der Waals surface area contributed by atoms with E-state index >= 15 is 0 Å². The highest BCUT2D eigenvalue weighted by atomic mass is 35.5. The highest BCUT2D eigenvalue weighted by molar-refractivity contribution is 6.30. The molecule has 2 N–H and O–H groups in total. The fourth-order valence-corrected chi connectivity index (χ4v) is 2.66. The largest absolute Gasteiger partial charge is 0.497 e. The van der Waals surface area contributed by atoms with Gasteiger partial charge in [-0.3, -0.25) is 4.79 Å². The molecule has 1 atom stereocenters. The van der Waals surface area contributed by atoms with Crippen molar-refractivity contribution in [3.8, 4) is 5.75 Å². The maximum atomic E-state index is 12.2. The molecule has 0 fully saturated rings. The molecule has 0 saturated heterocycles. The molecule has 1 amide bonds. The van der Waals surface area contributed by atoms with Gasteiger partial charge in [0.05, 0.1) is 14.2 Å². The minimum Gasteiger partial charge on any atom is -0.497 e. The van der Waals surface area contributed by atoms with Gasteiger partial charge >= 0.3 is 0 Å². The van der Waals surface area contributed by atoms with Gasteiger partial charge in [0.1, 0.15) is 12.3 Å². The molecule has 0 aliphatic carbocycles. The zero-order valence-corrected chi connectivity index (χ0v) is 14.4. The van der Waals surface area contributed by atoms with Gasteiger partial charge in [-0.05, 0) is 42.8 Å². The molecular formula is C18H22ClN2O2+. The van der Waals surface area contributed by atoms with E-state index < -0.39 is 0 Å². The highest BCUT2D eigenvalue weighted by Gasteiger charge is 2.12. The Kier molecular flexibility index (Phi) is 6.02. The second kappa shape index (κ2) is 7.99. The molecule has 122 valence electrons. The normalized spacial score (nSPS) is 11.8. The molecule has 5 heteroatoms. The minimum atomic E-state index is -0.0178. The van der Waals surface area contributed by atoms with Gasteiger partial charge in [0.25, 0.3) is 5.91 Å². The lowest BCUT2D eigenvalue weighted by atomic mass is 10.2. The first kappa shape index (κ1) is 17.3. The van der Waals surface area contributed by atoms with Crippen molar-refractivity contribution in [3.63, 3.8) is 0 Å². The Morgan fingerprint density at radius 3 is 2.74 bits per heavy atom. The third-order valence-corrected chi connectivity index (χ3v) is 3.80. The Bertz CT molecular complexity index is 688. The first-order valence-electron chi connectivity index (χ1n) is 7.48. The number of aryl methyl sites for hydroxylation is 1. The summed E-state index contributed by atoms with van der Waals surface area (Å²) in [4.78, 5) is 13.3. The van der Waals surface area contributed by atoms with Gasteiger partial charge in [0.15, 0.2) is 6.54 Å². The van der Waals surface area contributed by atoms with Crippen LogP contribution in [0.15, 0.2) is 42.5 Å². The van der Waals surface area contributed by atoms with Gasteiger partial charge in [0.2, 0.25) is 0 Å². The van der Waals surface area contributed by atoms with Crippen molar-refractivity contribution < 1.29 is 14.4 Å². The highest BCUT2D eigenvalue weighted by Crippen LogP contribution is 2.19. The lowest BCUT2D eigenvalue weighted by molar-refractivity contribution is -0.885. The van der Waals surface area contributed by atoms with Crippen LogP contribution in [0.1, 0.15) is 11.1 Å². The van der Waals surface area contributed by atoms with E-state index in [2.05, 4.69) is 5.32 Å². The van der Waals surface area contributed by atoms with Crippen LogP contribution < -0.4 is 15.0 Å². The van der Waals surface area contributed by atoms with E-state index in [9.17, 15) is 4.79 Å². The molecule has 2 aromatic rings. The Morgan fingerprint density at radius 2 is 2.04 bits per heavy atom. The molecule has 23 heavy (non-hydrogen) atoms. The average Bonchev–Trinajstić information content (AvgIpc) is 2.50. The number of benzene rings is 2. The number of amides is 1. The van der Waals surface area contributed by atoms with Gasteiger partial charge in [-0.2, -0.15) is 0 Å². The lowest BCUT2D eigenvalue weighted by Crippen LogP contribution is -3.08. The molecular weight excluding hydrogens is 312 g/mol. The summed E-state index contributed by atoms with van der Waals surface area (Å²) >= 11 is 5.93. The monoisotopic (exact) mass is 333 g/mol. The Hall–Kier alpha value is -2.04. The maximum absolute atomic E-state index is 12.2. The predicted molar refractivity (Wildman–Crippen MR) is 93.3 cm³/mol. The molecule has 0 aliphatic heterocycles. The number of carbonyl (C=O) groups excluding carboxylic acids is 1. The van der Waals surface area contributed by atoms with Crippen molar-refractivity contribution in [2.75, 3.05) is 26.0 Å². The summed E-state index contributed by atoms with van der Waals surface area (Å²) in [5.41, 5.74) is 2.89. The number of likely N-dealkylation sites (N-methyl/N-ethyl adjacent to an activating group) is 1. The molecule has 2 rings (SSSR count).